The monoisotopic (exact) mass is 572 g/mol. The number of ether oxygens (including phenoxy) is 1. The van der Waals surface area contributed by atoms with Crippen LogP contribution in [0.5, 0.6) is 0 Å². The number of nitrogens with zero attached hydrogens (tertiary/aromatic N) is 5. The van der Waals surface area contributed by atoms with Gasteiger partial charge in [0, 0.05) is 72.6 Å². The molecule has 0 aromatic heterocycles. The van der Waals surface area contributed by atoms with Crippen LogP contribution in [-0.2, 0) is 9.53 Å². The summed E-state index contributed by atoms with van der Waals surface area (Å²) in [4.78, 5) is 25.5. The van der Waals surface area contributed by atoms with Crippen molar-refractivity contribution in [2.45, 2.75) is 12.8 Å². The third-order valence-electron chi connectivity index (χ3n) is 6.22. The van der Waals surface area contributed by atoms with Crippen LogP contribution in [0, 0.1) is 5.92 Å². The van der Waals surface area contributed by atoms with E-state index in [-0.39, 0.29) is 36.4 Å². The zero-order valence-corrected chi connectivity index (χ0v) is 22.7. The molecule has 2 aliphatic heterocycles. The van der Waals surface area contributed by atoms with Crippen LogP contribution in [0.15, 0.2) is 35.3 Å². The van der Waals surface area contributed by atoms with Crippen molar-refractivity contribution >= 4 is 41.5 Å². The number of likely N-dealkylation sites (N-methyl/N-ethyl adjacent to an activating group) is 1. The molecule has 1 unspecified atom stereocenters. The van der Waals surface area contributed by atoms with Crippen molar-refractivity contribution in [2.24, 2.45) is 10.9 Å². The minimum atomic E-state index is 0. The Balaban J connectivity index is 0.00000385. The van der Waals surface area contributed by atoms with Gasteiger partial charge in [-0.25, -0.2) is 4.99 Å². The fraction of sp³-hybridized carbons (Fsp3) is 0.667. The number of amides is 1. The zero-order chi connectivity index (χ0) is 22.8. The van der Waals surface area contributed by atoms with Crippen LogP contribution < -0.4 is 10.2 Å². The molecular formula is C24H41IN6O2. The summed E-state index contributed by atoms with van der Waals surface area (Å²) in [7, 11) is 5.67. The lowest BCUT2D eigenvalue weighted by atomic mass is 10.1. The average molecular weight is 573 g/mol. The van der Waals surface area contributed by atoms with Crippen molar-refractivity contribution in [3.05, 3.63) is 30.3 Å². The normalized spacial score (nSPS) is 19.2. The Bertz CT molecular complexity index is 727. The van der Waals surface area contributed by atoms with Crippen LogP contribution in [0.2, 0.25) is 0 Å². The summed E-state index contributed by atoms with van der Waals surface area (Å²) >= 11 is 0. The standard InChI is InChI=1S/C24H40N6O2.HI/c1-27(2)23(31)18-26-24(25-11-7-12-28(3)22-8-5-4-6-9-22)30-13-10-21(20-30)19-29-14-16-32-17-15-29;/h4-6,8-9,21H,7,10-20H2,1-3H3,(H,25,26);1H. The number of hydrogen-bond donors (Lipinski definition) is 1. The summed E-state index contributed by atoms with van der Waals surface area (Å²) < 4.78 is 5.48. The van der Waals surface area contributed by atoms with Crippen LogP contribution in [0.25, 0.3) is 0 Å². The fourth-order valence-electron chi connectivity index (χ4n) is 4.20. The number of carbonyl (C=O) groups is 1. The molecule has 9 heteroatoms. The minimum absolute atomic E-state index is 0. The Morgan fingerprint density at radius 1 is 1.15 bits per heavy atom. The summed E-state index contributed by atoms with van der Waals surface area (Å²) in [5.41, 5.74) is 1.23. The van der Waals surface area contributed by atoms with E-state index >= 15 is 0 Å². The Labute approximate surface area is 216 Å². The second-order valence-corrected chi connectivity index (χ2v) is 8.98. The molecule has 2 aliphatic rings. The smallest absolute Gasteiger partial charge is 0.243 e. The lowest BCUT2D eigenvalue weighted by Gasteiger charge is -2.29. The number of hydrogen-bond acceptors (Lipinski definition) is 5. The first-order chi connectivity index (χ1) is 15.5. The number of benzene rings is 1. The number of morpholine rings is 1. The summed E-state index contributed by atoms with van der Waals surface area (Å²) in [5, 5.41) is 3.53. The third-order valence-corrected chi connectivity index (χ3v) is 6.22. The van der Waals surface area contributed by atoms with E-state index in [4.69, 9.17) is 4.74 Å². The van der Waals surface area contributed by atoms with Crippen molar-refractivity contribution in [1.82, 2.24) is 20.0 Å². The van der Waals surface area contributed by atoms with Gasteiger partial charge in [-0.05, 0) is 30.9 Å². The van der Waals surface area contributed by atoms with Gasteiger partial charge in [0.2, 0.25) is 5.91 Å². The summed E-state index contributed by atoms with van der Waals surface area (Å²) in [6, 6.07) is 10.4. The van der Waals surface area contributed by atoms with Crippen LogP contribution in [0.4, 0.5) is 5.69 Å². The van der Waals surface area contributed by atoms with E-state index in [2.05, 4.69) is 56.3 Å². The molecule has 33 heavy (non-hydrogen) atoms. The van der Waals surface area contributed by atoms with Gasteiger partial charge in [-0.3, -0.25) is 9.69 Å². The predicted octanol–water partition coefficient (Wildman–Crippen LogP) is 1.82. The van der Waals surface area contributed by atoms with Gasteiger partial charge in [0.15, 0.2) is 5.96 Å². The van der Waals surface area contributed by atoms with E-state index in [1.54, 1.807) is 19.0 Å². The second-order valence-electron chi connectivity index (χ2n) is 8.98. The van der Waals surface area contributed by atoms with Gasteiger partial charge in [0.1, 0.15) is 6.54 Å². The van der Waals surface area contributed by atoms with Crippen LogP contribution >= 0.6 is 24.0 Å². The zero-order valence-electron chi connectivity index (χ0n) is 20.4. The molecule has 8 nitrogen and oxygen atoms in total. The first-order valence-corrected chi connectivity index (χ1v) is 11.8. The number of rotatable bonds is 9. The summed E-state index contributed by atoms with van der Waals surface area (Å²) in [5.74, 6) is 1.53. The van der Waals surface area contributed by atoms with Crippen LogP contribution in [0.3, 0.4) is 0 Å². The molecule has 1 aromatic carbocycles. The number of aliphatic imine (C=N–C) groups is 1. The van der Waals surface area contributed by atoms with Gasteiger partial charge in [-0.1, -0.05) is 18.2 Å². The van der Waals surface area contributed by atoms with Crippen molar-refractivity contribution < 1.29 is 9.53 Å². The van der Waals surface area contributed by atoms with Crippen LogP contribution in [-0.4, -0.2) is 113 Å². The highest BCUT2D eigenvalue weighted by atomic mass is 127. The molecule has 2 saturated heterocycles. The van der Waals surface area contributed by atoms with Gasteiger partial charge in [-0.2, -0.15) is 0 Å². The molecule has 3 rings (SSSR count). The Morgan fingerprint density at radius 3 is 2.58 bits per heavy atom. The average Bonchev–Trinajstić information content (AvgIpc) is 3.27. The largest absolute Gasteiger partial charge is 0.379 e. The Hall–Kier alpha value is -1.59. The van der Waals surface area contributed by atoms with Crippen LogP contribution in [0.1, 0.15) is 12.8 Å². The number of halogens is 1. The van der Waals surface area contributed by atoms with E-state index in [0.717, 1.165) is 77.8 Å². The highest BCUT2D eigenvalue weighted by Crippen LogP contribution is 2.18. The summed E-state index contributed by atoms with van der Waals surface area (Å²) in [6.45, 7) is 8.81. The Morgan fingerprint density at radius 2 is 1.88 bits per heavy atom. The third kappa shape index (κ3) is 9.29. The van der Waals surface area contributed by atoms with Crippen molar-refractivity contribution in [2.75, 3.05) is 91.6 Å². The summed E-state index contributed by atoms with van der Waals surface area (Å²) in [6.07, 6.45) is 2.16. The molecule has 0 bridgehead atoms. The lowest BCUT2D eigenvalue weighted by Crippen LogP contribution is -2.43. The molecule has 186 valence electrons. The SMILES string of the molecule is CN(C)C(=O)CN=C(NCCCN(C)c1ccccc1)N1CCC(CN2CCOCC2)C1.I. The number of anilines is 1. The molecule has 1 aromatic rings. The number of likely N-dealkylation sites (tertiary alicyclic amines) is 1. The lowest BCUT2D eigenvalue weighted by molar-refractivity contribution is -0.127. The topological polar surface area (TPSA) is 63.7 Å². The maximum absolute atomic E-state index is 12.1. The molecule has 1 amide bonds. The van der Waals surface area contributed by atoms with Crippen molar-refractivity contribution in [1.29, 1.82) is 0 Å². The van der Waals surface area contributed by atoms with Crippen molar-refractivity contribution in [3.63, 3.8) is 0 Å². The molecule has 0 radical (unpaired) electrons. The molecular weight excluding hydrogens is 531 g/mol. The maximum atomic E-state index is 12.1. The van der Waals surface area contributed by atoms with E-state index in [0.29, 0.717) is 5.92 Å². The number of nitrogens with one attached hydrogen (secondary N) is 1. The molecule has 0 aliphatic carbocycles. The first kappa shape index (κ1) is 27.7. The highest BCUT2D eigenvalue weighted by Gasteiger charge is 2.27. The molecule has 1 N–H and O–H groups in total. The van der Waals surface area contributed by atoms with E-state index in [1.165, 1.54) is 5.69 Å². The van der Waals surface area contributed by atoms with E-state index < -0.39 is 0 Å². The fourth-order valence-corrected chi connectivity index (χ4v) is 4.20. The minimum Gasteiger partial charge on any atom is -0.379 e. The number of carbonyl (C=O) groups excluding carboxylic acids is 1. The molecule has 2 heterocycles. The van der Waals surface area contributed by atoms with Gasteiger partial charge >= 0.3 is 0 Å². The molecule has 0 saturated carbocycles. The second kappa shape index (κ2) is 14.6. The number of guanidine groups is 1. The van der Waals surface area contributed by atoms with Gasteiger partial charge in [0.25, 0.3) is 0 Å². The van der Waals surface area contributed by atoms with Gasteiger partial charge < -0.3 is 24.8 Å². The Kier molecular flexibility index (Phi) is 12.3. The highest BCUT2D eigenvalue weighted by molar-refractivity contribution is 14.0. The first-order valence-electron chi connectivity index (χ1n) is 11.8. The van der Waals surface area contributed by atoms with E-state index in [9.17, 15) is 4.79 Å². The quantitative estimate of drug-likeness (QED) is 0.211. The van der Waals surface area contributed by atoms with Gasteiger partial charge in [0.05, 0.1) is 13.2 Å². The number of para-hydroxylation sites is 1. The van der Waals surface area contributed by atoms with E-state index in [1.807, 2.05) is 6.07 Å². The maximum Gasteiger partial charge on any atom is 0.243 e. The van der Waals surface area contributed by atoms with Gasteiger partial charge in [-0.15, -0.1) is 24.0 Å². The van der Waals surface area contributed by atoms with Crippen molar-refractivity contribution in [3.8, 4) is 0 Å². The molecule has 0 spiro atoms. The molecule has 2 fully saturated rings. The molecule has 1 atom stereocenters. The predicted molar refractivity (Wildman–Crippen MR) is 146 cm³/mol.